The molecule has 0 amide bonds. The lowest BCUT2D eigenvalue weighted by Gasteiger charge is -2.18. The molecule has 270 valence electrons. The second kappa shape index (κ2) is 32.3. The summed E-state index contributed by atoms with van der Waals surface area (Å²) in [5.41, 5.74) is 0. The van der Waals surface area contributed by atoms with Gasteiger partial charge in [0.2, 0.25) is 0 Å². The van der Waals surface area contributed by atoms with E-state index in [0.29, 0.717) is 19.3 Å². The molecular formula is C37H63O9P. The van der Waals surface area contributed by atoms with Crippen molar-refractivity contribution in [3.8, 4) is 0 Å². The van der Waals surface area contributed by atoms with Gasteiger partial charge in [-0.3, -0.25) is 14.1 Å². The minimum atomic E-state index is -4.78. The van der Waals surface area contributed by atoms with E-state index in [1.54, 1.807) is 0 Å². The highest BCUT2D eigenvalue weighted by Gasteiger charge is 2.22. The molecule has 0 aliphatic carbocycles. The van der Waals surface area contributed by atoms with E-state index >= 15 is 0 Å². The van der Waals surface area contributed by atoms with E-state index in [0.717, 1.165) is 77.0 Å². The van der Waals surface area contributed by atoms with Crippen molar-refractivity contribution in [2.24, 2.45) is 0 Å². The lowest BCUT2D eigenvalue weighted by molar-refractivity contribution is -0.161. The zero-order valence-corrected chi connectivity index (χ0v) is 29.9. The highest BCUT2D eigenvalue weighted by molar-refractivity contribution is 7.46. The fourth-order valence-corrected chi connectivity index (χ4v) is 4.76. The minimum absolute atomic E-state index is 0.112. The molecule has 0 fully saturated rings. The number of esters is 2. The Labute approximate surface area is 284 Å². The highest BCUT2D eigenvalue weighted by Crippen LogP contribution is 2.35. The number of allylic oxidation sites excluding steroid dienone is 9. The maximum atomic E-state index is 12.3. The molecule has 0 aliphatic heterocycles. The molecule has 47 heavy (non-hydrogen) atoms. The van der Waals surface area contributed by atoms with Gasteiger partial charge < -0.3 is 24.4 Å². The Morgan fingerprint density at radius 3 is 1.98 bits per heavy atom. The molecule has 0 aromatic carbocycles. The first-order chi connectivity index (χ1) is 22.7. The van der Waals surface area contributed by atoms with Gasteiger partial charge in [0.1, 0.15) is 6.61 Å². The lowest BCUT2D eigenvalue weighted by atomic mass is 10.1. The Balaban J connectivity index is 4.19. The summed E-state index contributed by atoms with van der Waals surface area (Å²) in [6.45, 7) is 3.43. The molecule has 0 aromatic rings. The number of rotatable bonds is 31. The summed E-state index contributed by atoms with van der Waals surface area (Å²) in [4.78, 5) is 42.5. The van der Waals surface area contributed by atoms with Gasteiger partial charge in [-0.15, -0.1) is 0 Å². The average molecular weight is 683 g/mol. The molecule has 10 heteroatoms. The monoisotopic (exact) mass is 682 g/mol. The Bertz CT molecular complexity index is 965. The number of carbonyl (C=O) groups is 2. The number of aliphatic hydroxyl groups is 1. The van der Waals surface area contributed by atoms with Crippen molar-refractivity contribution in [1.82, 2.24) is 0 Å². The quantitative estimate of drug-likeness (QED) is 0.0215. The van der Waals surface area contributed by atoms with Gasteiger partial charge in [0, 0.05) is 12.8 Å². The maximum Gasteiger partial charge on any atom is 0.469 e. The molecule has 0 saturated heterocycles. The molecule has 0 saturated carbocycles. The van der Waals surface area contributed by atoms with Gasteiger partial charge in [0.25, 0.3) is 0 Å². The van der Waals surface area contributed by atoms with Gasteiger partial charge in [-0.05, 0) is 57.8 Å². The fraction of sp³-hybridized carbons (Fsp3) is 0.676. The summed E-state index contributed by atoms with van der Waals surface area (Å²) in [7, 11) is -4.78. The largest absolute Gasteiger partial charge is 0.469 e. The molecule has 0 rings (SSSR count). The summed E-state index contributed by atoms with van der Waals surface area (Å²) >= 11 is 0. The summed E-state index contributed by atoms with van der Waals surface area (Å²) in [6, 6.07) is 0. The Hall–Kier alpha value is -2.29. The lowest BCUT2D eigenvalue weighted by Crippen LogP contribution is -2.29. The van der Waals surface area contributed by atoms with E-state index in [4.69, 9.17) is 19.3 Å². The highest BCUT2D eigenvalue weighted by atomic mass is 31.2. The predicted molar refractivity (Wildman–Crippen MR) is 190 cm³/mol. The van der Waals surface area contributed by atoms with Crippen LogP contribution in [0.1, 0.15) is 136 Å². The maximum absolute atomic E-state index is 12.3. The van der Waals surface area contributed by atoms with Crippen LogP contribution in [0, 0.1) is 0 Å². The predicted octanol–water partition coefficient (Wildman–Crippen LogP) is 9.14. The van der Waals surface area contributed by atoms with Crippen LogP contribution in [0.2, 0.25) is 0 Å². The van der Waals surface area contributed by atoms with Gasteiger partial charge in [-0.25, -0.2) is 4.57 Å². The molecule has 3 N–H and O–H groups in total. The average Bonchev–Trinajstić information content (AvgIpc) is 3.03. The normalized spacial score (nSPS) is 13.9. The van der Waals surface area contributed by atoms with Crippen LogP contribution in [-0.4, -0.2) is 52.3 Å². The Kier molecular flexibility index (Phi) is 30.7. The van der Waals surface area contributed by atoms with Crippen molar-refractivity contribution in [1.29, 1.82) is 0 Å². The van der Waals surface area contributed by atoms with Crippen LogP contribution in [0.15, 0.2) is 60.8 Å². The fourth-order valence-electron chi connectivity index (χ4n) is 4.40. The molecule has 0 bridgehead atoms. The van der Waals surface area contributed by atoms with E-state index in [2.05, 4.69) is 42.7 Å². The number of unbranched alkanes of at least 4 members (excludes halogenated alkanes) is 10. The minimum Gasteiger partial charge on any atom is -0.462 e. The van der Waals surface area contributed by atoms with E-state index in [9.17, 15) is 19.3 Å². The summed E-state index contributed by atoms with van der Waals surface area (Å²) < 4.78 is 26.1. The third-order valence-electron chi connectivity index (χ3n) is 7.11. The Morgan fingerprint density at radius 1 is 0.660 bits per heavy atom. The molecule has 0 aromatic heterocycles. The first kappa shape index (κ1) is 44.7. The SMILES string of the molecule is CCCC/C=C\CCCCCCCC(=O)OC[C@H](COP(=O)(O)O)OC(=O)CCC/C=C\C/C=C\C/C=C\C=C\[C@@H](O)CCCCC. The van der Waals surface area contributed by atoms with E-state index in [-0.39, 0.29) is 25.6 Å². The number of carbonyl (C=O) groups excluding carboxylic acids is 2. The van der Waals surface area contributed by atoms with Crippen LogP contribution >= 0.6 is 7.82 Å². The first-order valence-electron chi connectivity index (χ1n) is 17.7. The Morgan fingerprint density at radius 2 is 1.26 bits per heavy atom. The van der Waals surface area contributed by atoms with Gasteiger partial charge in [-0.1, -0.05) is 126 Å². The smallest absolute Gasteiger partial charge is 0.462 e. The van der Waals surface area contributed by atoms with Gasteiger partial charge in [-0.2, -0.15) is 0 Å². The van der Waals surface area contributed by atoms with Crippen molar-refractivity contribution >= 4 is 19.8 Å². The molecule has 0 heterocycles. The molecule has 0 radical (unpaired) electrons. The van der Waals surface area contributed by atoms with Gasteiger partial charge >= 0.3 is 19.8 Å². The van der Waals surface area contributed by atoms with Crippen molar-refractivity contribution in [2.45, 2.75) is 148 Å². The van der Waals surface area contributed by atoms with Gasteiger partial charge in [0.15, 0.2) is 6.10 Å². The number of phosphoric ester groups is 1. The zero-order chi connectivity index (χ0) is 34.9. The van der Waals surface area contributed by atoms with E-state index in [1.165, 1.54) is 12.8 Å². The molecule has 9 nitrogen and oxygen atoms in total. The molecule has 2 atom stereocenters. The first-order valence-corrected chi connectivity index (χ1v) is 19.2. The zero-order valence-electron chi connectivity index (χ0n) is 29.0. The molecule has 0 aliphatic rings. The van der Waals surface area contributed by atoms with Crippen molar-refractivity contribution in [3.63, 3.8) is 0 Å². The molecular weight excluding hydrogens is 619 g/mol. The van der Waals surface area contributed by atoms with Crippen LogP contribution in [0.5, 0.6) is 0 Å². The van der Waals surface area contributed by atoms with Crippen LogP contribution in [-0.2, 0) is 28.2 Å². The number of ether oxygens (including phenoxy) is 2. The number of hydrogen-bond acceptors (Lipinski definition) is 7. The summed E-state index contributed by atoms with van der Waals surface area (Å²) in [5.74, 6) is -0.996. The van der Waals surface area contributed by atoms with Crippen LogP contribution in [0.4, 0.5) is 0 Å². The standard InChI is InChI=1S/C37H63O9P/c1-3-5-7-8-9-10-12-16-19-22-26-30-36(39)44-32-35(33-45-47(41,42)43)46-37(40)31-27-23-20-17-14-11-13-15-18-21-25-29-34(38)28-24-6-4-2/h8-9,11,13,17-18,20-21,25,29,34-35,38H,3-7,10,12,14-16,19,22-24,26-28,30-33H2,1-2H3,(H2,41,42,43)/b9-8-,13-11-,20-17-,21-18-,29-25+/t34-,35+/m0/s1. The number of hydrogen-bond donors (Lipinski definition) is 3. The third kappa shape index (κ3) is 34.9. The van der Waals surface area contributed by atoms with Crippen molar-refractivity contribution in [3.05, 3.63) is 60.8 Å². The van der Waals surface area contributed by atoms with Crippen LogP contribution in [0.3, 0.4) is 0 Å². The molecule has 0 unspecified atom stereocenters. The topological polar surface area (TPSA) is 140 Å². The summed E-state index contributed by atoms with van der Waals surface area (Å²) in [5, 5.41) is 9.85. The molecule has 0 spiro atoms. The van der Waals surface area contributed by atoms with Crippen LogP contribution < -0.4 is 0 Å². The van der Waals surface area contributed by atoms with Gasteiger partial charge in [0.05, 0.1) is 12.7 Å². The van der Waals surface area contributed by atoms with Crippen LogP contribution in [0.25, 0.3) is 0 Å². The van der Waals surface area contributed by atoms with E-state index in [1.807, 2.05) is 36.5 Å². The summed E-state index contributed by atoms with van der Waals surface area (Å²) in [6.07, 6.45) is 35.6. The third-order valence-corrected chi connectivity index (χ3v) is 7.60. The second-order valence-corrected chi connectivity index (χ2v) is 12.9. The van der Waals surface area contributed by atoms with Crippen molar-refractivity contribution < 1.29 is 43.0 Å². The number of aliphatic hydroxyl groups excluding tert-OH is 1. The second-order valence-electron chi connectivity index (χ2n) is 11.7. The van der Waals surface area contributed by atoms with Crippen molar-refractivity contribution in [2.75, 3.05) is 13.2 Å². The van der Waals surface area contributed by atoms with E-state index < -0.39 is 32.5 Å². The number of phosphoric acid groups is 1.